The molecule has 3 rings (SSSR count). The van der Waals surface area contributed by atoms with Crippen molar-refractivity contribution in [1.82, 2.24) is 20.5 Å². The number of halogens is 1. The SMILES string of the molecule is CCNC(=NCc1ccccc1CN(CC)CC)NC1CCN(c2ncccc2F)C1. The van der Waals surface area contributed by atoms with Gasteiger partial charge in [0, 0.05) is 38.4 Å². The number of anilines is 1. The largest absolute Gasteiger partial charge is 0.357 e. The maximum absolute atomic E-state index is 14.1. The zero-order valence-corrected chi connectivity index (χ0v) is 18.9. The first-order valence-corrected chi connectivity index (χ1v) is 11.3. The highest BCUT2D eigenvalue weighted by Gasteiger charge is 2.26. The molecule has 2 N–H and O–H groups in total. The number of benzene rings is 1. The van der Waals surface area contributed by atoms with E-state index < -0.39 is 0 Å². The van der Waals surface area contributed by atoms with Crippen molar-refractivity contribution in [3.05, 3.63) is 59.5 Å². The fourth-order valence-electron chi connectivity index (χ4n) is 3.91. The van der Waals surface area contributed by atoms with Crippen LogP contribution in [0.3, 0.4) is 0 Å². The lowest BCUT2D eigenvalue weighted by Gasteiger charge is -2.21. The van der Waals surface area contributed by atoms with Crippen molar-refractivity contribution < 1.29 is 4.39 Å². The molecule has 0 amide bonds. The standard InChI is InChI=1S/C24H35FN6/c1-4-26-24(28-16-19-10-7-8-11-20(19)17-30(5-2)6-3)29-21-13-15-31(18-21)23-22(25)12-9-14-27-23/h7-12,14,21H,4-6,13,15-18H2,1-3H3,(H2,26,28,29). The first kappa shape index (κ1) is 23.0. The summed E-state index contributed by atoms with van der Waals surface area (Å²) in [6, 6.07) is 11.8. The van der Waals surface area contributed by atoms with Gasteiger partial charge in [-0.05, 0) is 49.7 Å². The summed E-state index contributed by atoms with van der Waals surface area (Å²) in [4.78, 5) is 13.5. The number of hydrogen-bond donors (Lipinski definition) is 2. The summed E-state index contributed by atoms with van der Waals surface area (Å²) in [5, 5.41) is 6.87. The van der Waals surface area contributed by atoms with E-state index in [0.717, 1.165) is 45.1 Å². The Labute approximate surface area is 185 Å². The summed E-state index contributed by atoms with van der Waals surface area (Å²) < 4.78 is 14.1. The number of rotatable bonds is 9. The summed E-state index contributed by atoms with van der Waals surface area (Å²) in [7, 11) is 0. The van der Waals surface area contributed by atoms with Crippen LogP contribution in [-0.4, -0.2) is 54.6 Å². The zero-order valence-electron chi connectivity index (χ0n) is 18.9. The lowest BCUT2D eigenvalue weighted by atomic mass is 10.1. The number of aliphatic imine (C=N–C) groups is 1. The average molecular weight is 427 g/mol. The van der Waals surface area contributed by atoms with Gasteiger partial charge < -0.3 is 15.5 Å². The first-order valence-electron chi connectivity index (χ1n) is 11.3. The average Bonchev–Trinajstić information content (AvgIpc) is 3.25. The summed E-state index contributed by atoms with van der Waals surface area (Å²) in [5.41, 5.74) is 2.57. The Hall–Kier alpha value is -2.67. The Balaban J connectivity index is 1.64. The van der Waals surface area contributed by atoms with Crippen molar-refractivity contribution in [2.45, 2.75) is 46.3 Å². The van der Waals surface area contributed by atoms with E-state index >= 15 is 0 Å². The molecule has 1 aliphatic rings. The second kappa shape index (κ2) is 11.6. The molecule has 1 aromatic carbocycles. The molecule has 2 aromatic rings. The third-order valence-electron chi connectivity index (χ3n) is 5.73. The molecule has 1 saturated heterocycles. The highest BCUT2D eigenvalue weighted by Crippen LogP contribution is 2.21. The number of pyridine rings is 1. The third kappa shape index (κ3) is 6.40. The topological polar surface area (TPSA) is 55.8 Å². The van der Waals surface area contributed by atoms with Crippen molar-refractivity contribution in [2.75, 3.05) is 37.6 Å². The number of nitrogens with zero attached hydrogens (tertiary/aromatic N) is 4. The fourth-order valence-corrected chi connectivity index (χ4v) is 3.91. The molecule has 0 saturated carbocycles. The molecule has 1 aromatic heterocycles. The van der Waals surface area contributed by atoms with Crippen molar-refractivity contribution in [2.24, 2.45) is 4.99 Å². The van der Waals surface area contributed by atoms with Crippen molar-refractivity contribution >= 4 is 11.8 Å². The monoisotopic (exact) mass is 426 g/mol. The summed E-state index contributed by atoms with van der Waals surface area (Å²) in [5.74, 6) is 0.959. The maximum Gasteiger partial charge on any atom is 0.191 e. The van der Waals surface area contributed by atoms with Gasteiger partial charge in [0.2, 0.25) is 0 Å². The van der Waals surface area contributed by atoms with Gasteiger partial charge in [-0.25, -0.2) is 14.4 Å². The molecule has 6 nitrogen and oxygen atoms in total. The van der Waals surface area contributed by atoms with Gasteiger partial charge in [-0.1, -0.05) is 38.1 Å². The van der Waals surface area contributed by atoms with Crippen LogP contribution in [0.5, 0.6) is 0 Å². The van der Waals surface area contributed by atoms with Crippen LogP contribution in [0.2, 0.25) is 0 Å². The predicted molar refractivity (Wildman–Crippen MR) is 126 cm³/mol. The zero-order chi connectivity index (χ0) is 22.1. The lowest BCUT2D eigenvalue weighted by Crippen LogP contribution is -2.44. The molecule has 31 heavy (non-hydrogen) atoms. The van der Waals surface area contributed by atoms with Gasteiger partial charge in [0.05, 0.1) is 6.54 Å². The lowest BCUT2D eigenvalue weighted by molar-refractivity contribution is 0.295. The summed E-state index contributed by atoms with van der Waals surface area (Å²) >= 11 is 0. The van der Waals surface area contributed by atoms with E-state index in [2.05, 4.69) is 65.6 Å². The maximum atomic E-state index is 14.1. The van der Waals surface area contributed by atoms with Crippen LogP contribution >= 0.6 is 0 Å². The van der Waals surface area contributed by atoms with E-state index in [1.807, 2.05) is 4.90 Å². The molecule has 0 spiro atoms. The highest BCUT2D eigenvalue weighted by molar-refractivity contribution is 5.80. The van der Waals surface area contributed by atoms with Gasteiger partial charge in [-0.15, -0.1) is 0 Å². The van der Waals surface area contributed by atoms with Crippen molar-refractivity contribution in [1.29, 1.82) is 0 Å². The normalized spacial score (nSPS) is 16.7. The molecule has 0 radical (unpaired) electrons. The van der Waals surface area contributed by atoms with Gasteiger partial charge in [-0.3, -0.25) is 4.90 Å². The number of nitrogens with one attached hydrogen (secondary N) is 2. The first-order chi connectivity index (χ1) is 15.1. The van der Waals surface area contributed by atoms with E-state index in [4.69, 9.17) is 4.99 Å². The summed E-state index contributed by atoms with van der Waals surface area (Å²) in [6.45, 7) is 12.4. The fraction of sp³-hybridized carbons (Fsp3) is 0.500. The molecule has 1 fully saturated rings. The Morgan fingerprint density at radius 3 is 2.65 bits per heavy atom. The minimum atomic E-state index is -0.270. The molecule has 1 aliphatic heterocycles. The molecule has 1 atom stereocenters. The van der Waals surface area contributed by atoms with E-state index in [1.165, 1.54) is 17.2 Å². The van der Waals surface area contributed by atoms with Gasteiger partial charge in [0.15, 0.2) is 17.6 Å². The molecule has 2 heterocycles. The predicted octanol–water partition coefficient (Wildman–Crippen LogP) is 3.40. The highest BCUT2D eigenvalue weighted by atomic mass is 19.1. The molecule has 168 valence electrons. The van der Waals surface area contributed by atoms with Gasteiger partial charge in [-0.2, -0.15) is 0 Å². The van der Waals surface area contributed by atoms with Crippen LogP contribution in [-0.2, 0) is 13.1 Å². The second-order valence-electron chi connectivity index (χ2n) is 7.81. The van der Waals surface area contributed by atoms with Gasteiger partial charge in [0.1, 0.15) is 0 Å². The Bertz CT molecular complexity index is 851. The smallest absolute Gasteiger partial charge is 0.191 e. The Morgan fingerprint density at radius 1 is 1.16 bits per heavy atom. The van der Waals surface area contributed by atoms with Crippen LogP contribution in [0.4, 0.5) is 10.2 Å². The summed E-state index contributed by atoms with van der Waals surface area (Å²) in [6.07, 6.45) is 2.55. The van der Waals surface area contributed by atoms with Crippen LogP contribution < -0.4 is 15.5 Å². The Morgan fingerprint density at radius 2 is 1.94 bits per heavy atom. The molecule has 1 unspecified atom stereocenters. The van der Waals surface area contributed by atoms with E-state index in [0.29, 0.717) is 18.9 Å². The van der Waals surface area contributed by atoms with Gasteiger partial charge >= 0.3 is 0 Å². The van der Waals surface area contributed by atoms with E-state index in [1.54, 1.807) is 12.3 Å². The van der Waals surface area contributed by atoms with E-state index in [9.17, 15) is 4.39 Å². The molecule has 0 aliphatic carbocycles. The minimum Gasteiger partial charge on any atom is -0.357 e. The molecular weight excluding hydrogens is 391 g/mol. The molecule has 0 bridgehead atoms. The quantitative estimate of drug-likeness (QED) is 0.476. The van der Waals surface area contributed by atoms with Gasteiger partial charge in [0.25, 0.3) is 0 Å². The van der Waals surface area contributed by atoms with Crippen LogP contribution in [0.1, 0.15) is 38.3 Å². The van der Waals surface area contributed by atoms with Crippen LogP contribution in [0.25, 0.3) is 0 Å². The van der Waals surface area contributed by atoms with Crippen molar-refractivity contribution in [3.8, 4) is 0 Å². The number of hydrogen-bond acceptors (Lipinski definition) is 4. The molecular formula is C24H35FN6. The van der Waals surface area contributed by atoms with Crippen LogP contribution in [0, 0.1) is 5.82 Å². The van der Waals surface area contributed by atoms with E-state index in [-0.39, 0.29) is 11.9 Å². The van der Waals surface area contributed by atoms with Crippen molar-refractivity contribution in [3.63, 3.8) is 0 Å². The Kier molecular flexibility index (Phi) is 8.64. The third-order valence-corrected chi connectivity index (χ3v) is 5.73. The number of guanidine groups is 1. The minimum absolute atomic E-state index is 0.199. The van der Waals surface area contributed by atoms with Crippen LogP contribution in [0.15, 0.2) is 47.6 Å². The molecule has 7 heteroatoms. The number of aromatic nitrogens is 1. The second-order valence-corrected chi connectivity index (χ2v) is 7.81.